The molecule has 0 saturated carbocycles. The highest BCUT2D eigenvalue weighted by Crippen LogP contribution is 2.26. The van der Waals surface area contributed by atoms with E-state index in [0.29, 0.717) is 11.6 Å². The molecule has 0 aromatic heterocycles. The van der Waals surface area contributed by atoms with Crippen LogP contribution in [0.5, 0.6) is 0 Å². The highest BCUT2D eigenvalue weighted by atomic mass is 16.5. The Morgan fingerprint density at radius 2 is 1.71 bits per heavy atom. The molecule has 0 spiro atoms. The van der Waals surface area contributed by atoms with Crippen molar-refractivity contribution < 1.29 is 23.9 Å². The Balaban J connectivity index is 2.53. The van der Waals surface area contributed by atoms with Crippen LogP contribution in [0, 0.1) is 0 Å². The number of anilines is 1. The van der Waals surface area contributed by atoms with E-state index in [1.54, 1.807) is 6.92 Å². The van der Waals surface area contributed by atoms with Crippen LogP contribution in [-0.2, 0) is 23.9 Å². The third-order valence-corrected chi connectivity index (χ3v) is 3.37. The van der Waals surface area contributed by atoms with Crippen molar-refractivity contribution in [3.63, 3.8) is 0 Å². The van der Waals surface area contributed by atoms with E-state index in [2.05, 4.69) is 23.9 Å². The van der Waals surface area contributed by atoms with Crippen molar-refractivity contribution in [3.05, 3.63) is 42.0 Å². The molecule has 130 valence electrons. The van der Waals surface area contributed by atoms with E-state index in [1.165, 1.54) is 0 Å². The average Bonchev–Trinajstić information content (AvgIpc) is 2.58. The van der Waals surface area contributed by atoms with Crippen molar-refractivity contribution in [2.45, 2.75) is 33.1 Å². The first-order chi connectivity index (χ1) is 11.5. The van der Waals surface area contributed by atoms with E-state index >= 15 is 0 Å². The summed E-state index contributed by atoms with van der Waals surface area (Å²) in [5.41, 5.74) is 1.73. The molecule has 1 aromatic carbocycles. The van der Waals surface area contributed by atoms with E-state index in [0.717, 1.165) is 24.1 Å². The molecule has 0 aliphatic carbocycles. The molecule has 1 atom stereocenters. The number of hydrogen-bond donors (Lipinski definition) is 1. The largest absolute Gasteiger partial charge is 0.463 e. The minimum atomic E-state index is -0.784. The summed E-state index contributed by atoms with van der Waals surface area (Å²) in [5, 5.41) is 2.73. The second kappa shape index (κ2) is 10.2. The molecule has 24 heavy (non-hydrogen) atoms. The molecule has 0 aliphatic heterocycles. The minimum absolute atomic E-state index is 0.218. The zero-order valence-electron chi connectivity index (χ0n) is 14.2. The number of hydrogen-bond acceptors (Lipinski definition) is 5. The van der Waals surface area contributed by atoms with Gasteiger partial charge in [0, 0.05) is 17.8 Å². The Bertz CT molecular complexity index is 609. The Morgan fingerprint density at radius 3 is 2.33 bits per heavy atom. The van der Waals surface area contributed by atoms with Crippen molar-refractivity contribution in [1.29, 1.82) is 0 Å². The molecular weight excluding hydrogens is 310 g/mol. The average molecular weight is 333 g/mol. The second-order valence-corrected chi connectivity index (χ2v) is 5.14. The third kappa shape index (κ3) is 6.64. The number of carbonyl (C=O) groups is 3. The van der Waals surface area contributed by atoms with Crippen molar-refractivity contribution in [3.8, 4) is 0 Å². The van der Waals surface area contributed by atoms with E-state index in [1.807, 2.05) is 24.3 Å². The summed E-state index contributed by atoms with van der Waals surface area (Å²) in [6.07, 6.45) is 2.83. The van der Waals surface area contributed by atoms with Gasteiger partial charge in [0.1, 0.15) is 0 Å². The maximum absolute atomic E-state index is 11.9. The molecule has 0 saturated heterocycles. The molecule has 1 aromatic rings. The van der Waals surface area contributed by atoms with Crippen molar-refractivity contribution >= 4 is 23.5 Å². The van der Waals surface area contributed by atoms with Crippen molar-refractivity contribution in [1.82, 2.24) is 0 Å². The van der Waals surface area contributed by atoms with E-state index in [4.69, 9.17) is 4.74 Å². The number of amides is 1. The molecule has 0 fully saturated rings. The number of para-hydroxylation sites is 1. The first-order valence-electron chi connectivity index (χ1n) is 7.88. The highest BCUT2D eigenvalue weighted by molar-refractivity contribution is 5.96. The SMILES string of the molecule is CCOC(=O)/C=C/C(=O)OCC(=O)Nc1ccccc1[C@H](C)CC. The molecule has 1 amide bonds. The molecule has 6 nitrogen and oxygen atoms in total. The lowest BCUT2D eigenvalue weighted by Gasteiger charge is -2.15. The number of rotatable bonds is 8. The van der Waals surface area contributed by atoms with Crippen LogP contribution in [0.3, 0.4) is 0 Å². The molecule has 0 aliphatic rings. The Hall–Kier alpha value is -2.63. The topological polar surface area (TPSA) is 81.7 Å². The normalized spacial score (nSPS) is 11.8. The quantitative estimate of drug-likeness (QED) is 0.584. The van der Waals surface area contributed by atoms with Crippen LogP contribution in [0.25, 0.3) is 0 Å². The van der Waals surface area contributed by atoms with Crippen LogP contribution in [0.2, 0.25) is 0 Å². The number of esters is 2. The van der Waals surface area contributed by atoms with E-state index < -0.39 is 24.5 Å². The minimum Gasteiger partial charge on any atom is -0.463 e. The molecule has 0 unspecified atom stereocenters. The molecule has 0 heterocycles. The first-order valence-corrected chi connectivity index (χ1v) is 7.88. The standard InChI is InChI=1S/C18H23NO5/c1-4-13(3)14-8-6-7-9-15(14)19-16(20)12-24-18(22)11-10-17(21)23-5-2/h6-11,13H,4-5,12H2,1-3H3,(H,19,20)/b11-10+/t13-/m1/s1. The Kier molecular flexibility index (Phi) is 8.25. The smallest absolute Gasteiger partial charge is 0.331 e. The summed E-state index contributed by atoms with van der Waals surface area (Å²) in [6, 6.07) is 7.51. The van der Waals surface area contributed by atoms with Crippen LogP contribution in [-0.4, -0.2) is 31.1 Å². The first kappa shape index (κ1) is 19.4. The third-order valence-electron chi connectivity index (χ3n) is 3.37. The zero-order valence-corrected chi connectivity index (χ0v) is 14.2. The van der Waals surface area contributed by atoms with Crippen LogP contribution >= 0.6 is 0 Å². The maximum Gasteiger partial charge on any atom is 0.331 e. The van der Waals surface area contributed by atoms with Crippen LogP contribution < -0.4 is 5.32 Å². The number of nitrogens with one attached hydrogen (secondary N) is 1. The van der Waals surface area contributed by atoms with Gasteiger partial charge in [0.25, 0.3) is 5.91 Å². The Morgan fingerprint density at radius 1 is 1.08 bits per heavy atom. The lowest BCUT2D eigenvalue weighted by molar-refractivity contribution is -0.143. The fourth-order valence-electron chi connectivity index (χ4n) is 1.96. The second-order valence-electron chi connectivity index (χ2n) is 5.14. The van der Waals surface area contributed by atoms with Gasteiger partial charge in [0.05, 0.1) is 6.61 Å². The monoisotopic (exact) mass is 333 g/mol. The van der Waals surface area contributed by atoms with Crippen LogP contribution in [0.15, 0.2) is 36.4 Å². The lowest BCUT2D eigenvalue weighted by atomic mass is 9.97. The van der Waals surface area contributed by atoms with Gasteiger partial charge < -0.3 is 14.8 Å². The molecular formula is C18H23NO5. The highest BCUT2D eigenvalue weighted by Gasteiger charge is 2.12. The van der Waals surface area contributed by atoms with Crippen LogP contribution in [0.4, 0.5) is 5.69 Å². The number of ether oxygens (including phenoxy) is 2. The Labute approximate surface area is 141 Å². The number of carbonyl (C=O) groups excluding carboxylic acids is 3. The molecule has 1 rings (SSSR count). The summed E-state index contributed by atoms with van der Waals surface area (Å²) in [4.78, 5) is 34.4. The summed E-state index contributed by atoms with van der Waals surface area (Å²) >= 11 is 0. The van der Waals surface area contributed by atoms with Crippen molar-refractivity contribution in [2.75, 3.05) is 18.5 Å². The summed E-state index contributed by atoms with van der Waals surface area (Å²) in [7, 11) is 0. The van der Waals surface area contributed by atoms with Gasteiger partial charge in [-0.2, -0.15) is 0 Å². The fourth-order valence-corrected chi connectivity index (χ4v) is 1.96. The summed E-state index contributed by atoms with van der Waals surface area (Å²) < 4.78 is 9.42. The molecule has 0 bridgehead atoms. The predicted octanol–water partition coefficient (Wildman–Crippen LogP) is 2.80. The van der Waals surface area contributed by atoms with E-state index in [9.17, 15) is 14.4 Å². The van der Waals surface area contributed by atoms with Crippen molar-refractivity contribution in [2.24, 2.45) is 0 Å². The van der Waals surface area contributed by atoms with E-state index in [-0.39, 0.29) is 6.61 Å². The van der Waals surface area contributed by atoms with Gasteiger partial charge in [0.15, 0.2) is 6.61 Å². The lowest BCUT2D eigenvalue weighted by Crippen LogP contribution is -2.21. The van der Waals surface area contributed by atoms with Gasteiger partial charge in [-0.05, 0) is 30.9 Å². The summed E-state index contributed by atoms with van der Waals surface area (Å²) in [5.74, 6) is -1.56. The van der Waals surface area contributed by atoms with Crippen LogP contribution in [0.1, 0.15) is 38.7 Å². The zero-order chi connectivity index (χ0) is 17.9. The van der Waals surface area contributed by atoms with Gasteiger partial charge in [-0.15, -0.1) is 0 Å². The predicted molar refractivity (Wildman–Crippen MR) is 90.5 cm³/mol. The van der Waals surface area contributed by atoms with Gasteiger partial charge in [-0.25, -0.2) is 9.59 Å². The van der Waals surface area contributed by atoms with Gasteiger partial charge in [-0.1, -0.05) is 32.0 Å². The maximum atomic E-state index is 11.9. The fraction of sp³-hybridized carbons (Fsp3) is 0.389. The summed E-state index contributed by atoms with van der Waals surface area (Å²) in [6.45, 7) is 5.59. The van der Waals surface area contributed by atoms with Gasteiger partial charge in [0.2, 0.25) is 0 Å². The van der Waals surface area contributed by atoms with Gasteiger partial charge in [-0.3, -0.25) is 4.79 Å². The van der Waals surface area contributed by atoms with Gasteiger partial charge >= 0.3 is 11.9 Å². The molecule has 6 heteroatoms. The molecule has 1 N–H and O–H groups in total. The number of benzene rings is 1. The molecule has 0 radical (unpaired) electrons.